The van der Waals surface area contributed by atoms with Gasteiger partial charge in [0.25, 0.3) is 0 Å². The van der Waals surface area contributed by atoms with E-state index in [4.69, 9.17) is 0 Å². The molecule has 8 heteroatoms. The lowest BCUT2D eigenvalue weighted by molar-refractivity contribution is -0.138. The van der Waals surface area contributed by atoms with Crippen molar-refractivity contribution in [2.45, 2.75) is 57.8 Å². The van der Waals surface area contributed by atoms with Crippen molar-refractivity contribution in [1.29, 1.82) is 0 Å². The van der Waals surface area contributed by atoms with Gasteiger partial charge in [0.2, 0.25) is 17.7 Å². The molecule has 0 radical (unpaired) electrons. The lowest BCUT2D eigenvalue weighted by atomic mass is 9.72. The minimum absolute atomic E-state index is 0.0139. The number of hydrogen-bond donors (Lipinski definition) is 2. The standard InChI is InChI=1S/C20H28N2O5S/c1-3-5-6-13-28(26,27)14-18(24)21-16-9-7-15(8-10-16)20(4-2)12-11-17(23)22-19(20)25/h7-10H,3-6,11-14H2,1-2H3,(H,21,24)(H,22,23,25). The van der Waals surface area contributed by atoms with E-state index in [1.54, 1.807) is 24.3 Å². The third-order valence-electron chi connectivity index (χ3n) is 5.20. The molecule has 1 aromatic carbocycles. The maximum atomic E-state index is 12.4. The number of nitrogens with one attached hydrogen (secondary N) is 2. The van der Waals surface area contributed by atoms with Crippen molar-refractivity contribution in [3.8, 4) is 0 Å². The van der Waals surface area contributed by atoms with Crippen LogP contribution in [0.4, 0.5) is 5.69 Å². The molecular weight excluding hydrogens is 380 g/mol. The molecule has 2 rings (SSSR count). The first-order valence-corrected chi connectivity index (χ1v) is 11.5. The molecule has 7 nitrogen and oxygen atoms in total. The Morgan fingerprint density at radius 3 is 2.39 bits per heavy atom. The molecule has 1 heterocycles. The largest absolute Gasteiger partial charge is 0.325 e. The molecule has 1 aliphatic rings. The molecule has 2 N–H and O–H groups in total. The second-order valence-corrected chi connectivity index (χ2v) is 9.42. The van der Waals surface area contributed by atoms with Gasteiger partial charge in [-0.05, 0) is 37.0 Å². The summed E-state index contributed by atoms with van der Waals surface area (Å²) in [6.07, 6.45) is 3.57. The fourth-order valence-electron chi connectivity index (χ4n) is 3.48. The number of carbonyl (C=O) groups excluding carboxylic acids is 3. The van der Waals surface area contributed by atoms with Gasteiger partial charge in [-0.15, -0.1) is 0 Å². The van der Waals surface area contributed by atoms with Crippen LogP contribution in [0.2, 0.25) is 0 Å². The molecule has 1 unspecified atom stereocenters. The predicted octanol–water partition coefficient (Wildman–Crippen LogP) is 2.31. The number of carbonyl (C=O) groups is 3. The molecule has 1 aromatic rings. The number of hydrogen-bond acceptors (Lipinski definition) is 5. The molecule has 3 amide bonds. The van der Waals surface area contributed by atoms with Crippen LogP contribution in [0.15, 0.2) is 24.3 Å². The van der Waals surface area contributed by atoms with Crippen LogP contribution in [0.25, 0.3) is 0 Å². The van der Waals surface area contributed by atoms with Crippen LogP contribution < -0.4 is 10.6 Å². The van der Waals surface area contributed by atoms with Gasteiger partial charge in [-0.2, -0.15) is 0 Å². The fourth-order valence-corrected chi connectivity index (χ4v) is 4.74. The van der Waals surface area contributed by atoms with Gasteiger partial charge in [0.15, 0.2) is 9.84 Å². The third-order valence-corrected chi connectivity index (χ3v) is 6.81. The van der Waals surface area contributed by atoms with Gasteiger partial charge in [-0.3, -0.25) is 19.7 Å². The Bertz CT molecular complexity index is 833. The number of sulfone groups is 1. The number of imide groups is 1. The van der Waals surface area contributed by atoms with E-state index in [1.807, 2.05) is 13.8 Å². The molecule has 0 spiro atoms. The Kier molecular flexibility index (Phi) is 7.35. The smallest absolute Gasteiger partial charge is 0.239 e. The molecule has 1 atom stereocenters. The maximum absolute atomic E-state index is 12.4. The molecule has 1 aliphatic heterocycles. The first-order valence-electron chi connectivity index (χ1n) is 9.67. The van der Waals surface area contributed by atoms with Gasteiger partial charge in [0.1, 0.15) is 5.75 Å². The third kappa shape index (κ3) is 5.41. The second-order valence-electron chi connectivity index (χ2n) is 7.24. The Morgan fingerprint density at radius 1 is 1.14 bits per heavy atom. The quantitative estimate of drug-likeness (QED) is 0.481. The van der Waals surface area contributed by atoms with E-state index >= 15 is 0 Å². The van der Waals surface area contributed by atoms with Crippen molar-refractivity contribution in [2.75, 3.05) is 16.8 Å². The molecule has 28 heavy (non-hydrogen) atoms. The lowest BCUT2D eigenvalue weighted by Crippen LogP contribution is -2.51. The number of benzene rings is 1. The highest BCUT2D eigenvalue weighted by molar-refractivity contribution is 7.92. The van der Waals surface area contributed by atoms with E-state index < -0.39 is 26.9 Å². The summed E-state index contributed by atoms with van der Waals surface area (Å²) in [7, 11) is -3.42. The topological polar surface area (TPSA) is 109 Å². The molecule has 154 valence electrons. The fraction of sp³-hybridized carbons (Fsp3) is 0.550. The summed E-state index contributed by atoms with van der Waals surface area (Å²) < 4.78 is 24.0. The van der Waals surface area contributed by atoms with Crippen molar-refractivity contribution in [1.82, 2.24) is 5.32 Å². The van der Waals surface area contributed by atoms with Crippen molar-refractivity contribution >= 4 is 33.2 Å². The average molecular weight is 409 g/mol. The Hall–Kier alpha value is -2.22. The van der Waals surface area contributed by atoms with Crippen LogP contribution in [0.1, 0.15) is 57.9 Å². The first kappa shape index (κ1) is 22.1. The van der Waals surface area contributed by atoms with Gasteiger partial charge in [0, 0.05) is 12.1 Å². The summed E-state index contributed by atoms with van der Waals surface area (Å²) >= 11 is 0. The molecule has 0 aliphatic carbocycles. The first-order chi connectivity index (χ1) is 13.2. The molecule has 0 aromatic heterocycles. The van der Waals surface area contributed by atoms with E-state index in [0.717, 1.165) is 18.4 Å². The molecule has 0 bridgehead atoms. The minimum atomic E-state index is -3.42. The van der Waals surface area contributed by atoms with E-state index in [-0.39, 0.29) is 24.0 Å². The van der Waals surface area contributed by atoms with Crippen molar-refractivity contribution in [3.63, 3.8) is 0 Å². The Morgan fingerprint density at radius 2 is 1.82 bits per heavy atom. The van der Waals surface area contributed by atoms with Crippen LogP contribution in [-0.4, -0.2) is 37.6 Å². The van der Waals surface area contributed by atoms with Gasteiger partial charge in [0.05, 0.1) is 11.2 Å². The summed E-state index contributed by atoms with van der Waals surface area (Å²) in [5.74, 6) is -1.67. The lowest BCUT2D eigenvalue weighted by Gasteiger charge is -2.35. The van der Waals surface area contributed by atoms with Crippen LogP contribution >= 0.6 is 0 Å². The van der Waals surface area contributed by atoms with Crippen molar-refractivity contribution in [2.24, 2.45) is 0 Å². The van der Waals surface area contributed by atoms with Gasteiger partial charge >= 0.3 is 0 Å². The van der Waals surface area contributed by atoms with Crippen LogP contribution in [0.3, 0.4) is 0 Å². The Labute approximate surface area is 166 Å². The highest BCUT2D eigenvalue weighted by Crippen LogP contribution is 2.36. The highest BCUT2D eigenvalue weighted by atomic mass is 32.2. The predicted molar refractivity (Wildman–Crippen MR) is 108 cm³/mol. The molecule has 1 saturated heterocycles. The number of piperidine rings is 1. The van der Waals surface area contributed by atoms with Gasteiger partial charge in [-0.1, -0.05) is 38.8 Å². The Balaban J connectivity index is 2.03. The van der Waals surface area contributed by atoms with Gasteiger partial charge < -0.3 is 5.32 Å². The normalized spacial score (nSPS) is 19.9. The number of unbranched alkanes of at least 4 members (excludes halogenated alkanes) is 2. The number of amides is 3. The zero-order valence-corrected chi connectivity index (χ0v) is 17.2. The van der Waals surface area contributed by atoms with E-state index in [0.29, 0.717) is 24.9 Å². The summed E-state index contributed by atoms with van der Waals surface area (Å²) in [5, 5.41) is 4.99. The zero-order chi connectivity index (χ0) is 20.8. The van der Waals surface area contributed by atoms with Crippen molar-refractivity contribution in [3.05, 3.63) is 29.8 Å². The van der Waals surface area contributed by atoms with Crippen LogP contribution in [-0.2, 0) is 29.6 Å². The van der Waals surface area contributed by atoms with E-state index in [9.17, 15) is 22.8 Å². The summed E-state index contributed by atoms with van der Waals surface area (Å²) in [5.41, 5.74) is 0.472. The summed E-state index contributed by atoms with van der Waals surface area (Å²) in [6.45, 7) is 3.88. The average Bonchev–Trinajstić information content (AvgIpc) is 2.63. The maximum Gasteiger partial charge on any atom is 0.239 e. The van der Waals surface area contributed by atoms with Crippen LogP contribution in [0.5, 0.6) is 0 Å². The van der Waals surface area contributed by atoms with E-state index in [1.165, 1.54) is 0 Å². The molecule has 0 saturated carbocycles. The van der Waals surface area contributed by atoms with Gasteiger partial charge in [-0.25, -0.2) is 8.42 Å². The highest BCUT2D eigenvalue weighted by Gasteiger charge is 2.42. The molecular formula is C20H28N2O5S. The summed E-state index contributed by atoms with van der Waals surface area (Å²) in [6, 6.07) is 6.78. The SMILES string of the molecule is CCCCCS(=O)(=O)CC(=O)Nc1ccc(C2(CC)CCC(=O)NC2=O)cc1. The number of anilines is 1. The zero-order valence-electron chi connectivity index (χ0n) is 16.4. The monoisotopic (exact) mass is 408 g/mol. The summed E-state index contributed by atoms with van der Waals surface area (Å²) in [4.78, 5) is 35.9. The van der Waals surface area contributed by atoms with E-state index in [2.05, 4.69) is 10.6 Å². The molecule has 1 fully saturated rings. The minimum Gasteiger partial charge on any atom is -0.325 e. The number of rotatable bonds is 9. The van der Waals surface area contributed by atoms with Crippen molar-refractivity contribution < 1.29 is 22.8 Å². The second kappa shape index (κ2) is 9.32. The van der Waals surface area contributed by atoms with Crippen LogP contribution in [0, 0.1) is 0 Å².